The maximum atomic E-state index is 12.3. The second-order valence-corrected chi connectivity index (χ2v) is 9.95. The summed E-state index contributed by atoms with van der Waals surface area (Å²) in [4.78, 5) is 10.2. The van der Waals surface area contributed by atoms with Gasteiger partial charge in [-0.15, -0.1) is 6.58 Å². The Morgan fingerprint density at radius 1 is 1.53 bits per heavy atom. The van der Waals surface area contributed by atoms with Crippen LogP contribution < -0.4 is 0 Å². The summed E-state index contributed by atoms with van der Waals surface area (Å²) in [6, 6.07) is 9.87. The quantitative estimate of drug-likeness (QED) is 0.374. The van der Waals surface area contributed by atoms with Gasteiger partial charge in [0.2, 0.25) is 7.37 Å². The summed E-state index contributed by atoms with van der Waals surface area (Å²) < 4.78 is 11.9. The average Bonchev–Trinajstić information content (AvgIpc) is 3.02. The molecule has 3 atom stereocenters. The number of aryl methyl sites for hydroxylation is 1. The zero-order chi connectivity index (χ0) is 12.5. The standard InChI is InChI=1S/C13H16IO2P/c1-2-12-10-13(12,14)17(15,16)9-8-11-6-4-3-5-7-11/h2-7,12H,1,8-10H2,(H,15,16)/t12-,13+/m1/s1. The van der Waals surface area contributed by atoms with E-state index in [0.29, 0.717) is 12.6 Å². The van der Waals surface area contributed by atoms with E-state index in [9.17, 15) is 9.46 Å². The molecule has 2 rings (SSSR count). The Labute approximate surface area is 116 Å². The van der Waals surface area contributed by atoms with Crippen molar-refractivity contribution in [1.29, 1.82) is 0 Å². The summed E-state index contributed by atoms with van der Waals surface area (Å²) in [5.74, 6) is 0.203. The van der Waals surface area contributed by atoms with Gasteiger partial charge in [-0.25, -0.2) is 0 Å². The number of alkyl halides is 1. The van der Waals surface area contributed by atoms with Crippen molar-refractivity contribution in [2.75, 3.05) is 6.16 Å². The van der Waals surface area contributed by atoms with Crippen LogP contribution in [0.1, 0.15) is 12.0 Å². The highest BCUT2D eigenvalue weighted by Crippen LogP contribution is 2.74. The van der Waals surface area contributed by atoms with E-state index in [2.05, 4.69) is 29.2 Å². The van der Waals surface area contributed by atoms with E-state index >= 15 is 0 Å². The van der Waals surface area contributed by atoms with Crippen LogP contribution in [0.15, 0.2) is 43.0 Å². The smallest absolute Gasteiger partial charge is 0.217 e. The summed E-state index contributed by atoms with van der Waals surface area (Å²) in [5.41, 5.74) is 1.12. The molecule has 1 fully saturated rings. The normalized spacial score (nSPS) is 30.6. The minimum atomic E-state index is -3.09. The summed E-state index contributed by atoms with van der Waals surface area (Å²) in [5, 5.41) is 0. The first-order chi connectivity index (χ1) is 7.99. The SMILES string of the molecule is C=C[C@@H]1C[C@]1(I)P(=O)(O)CCc1ccccc1. The van der Waals surface area contributed by atoms with Gasteiger partial charge in [0, 0.05) is 12.1 Å². The van der Waals surface area contributed by atoms with E-state index in [4.69, 9.17) is 0 Å². The second-order valence-electron chi connectivity index (χ2n) is 4.53. The molecule has 17 heavy (non-hydrogen) atoms. The summed E-state index contributed by atoms with van der Waals surface area (Å²) in [6.07, 6.45) is 3.63. The fraction of sp³-hybridized carbons (Fsp3) is 0.385. The van der Waals surface area contributed by atoms with Crippen molar-refractivity contribution >= 4 is 30.0 Å². The average molecular weight is 362 g/mol. The molecule has 0 radical (unpaired) electrons. The number of hydrogen-bond acceptors (Lipinski definition) is 1. The Bertz CT molecular complexity index is 460. The zero-order valence-electron chi connectivity index (χ0n) is 9.55. The lowest BCUT2D eigenvalue weighted by molar-refractivity contribution is 0.473. The van der Waals surface area contributed by atoms with Crippen molar-refractivity contribution in [2.24, 2.45) is 5.92 Å². The molecule has 0 saturated heterocycles. The van der Waals surface area contributed by atoms with E-state index in [-0.39, 0.29) is 5.92 Å². The van der Waals surface area contributed by atoms with Gasteiger partial charge in [0.15, 0.2) is 0 Å². The Balaban J connectivity index is 2.00. The lowest BCUT2D eigenvalue weighted by Gasteiger charge is -2.17. The maximum Gasteiger partial charge on any atom is 0.217 e. The molecule has 0 amide bonds. The predicted molar refractivity (Wildman–Crippen MR) is 79.9 cm³/mol. The number of halogens is 1. The van der Waals surface area contributed by atoms with Crippen molar-refractivity contribution in [3.05, 3.63) is 48.6 Å². The zero-order valence-corrected chi connectivity index (χ0v) is 12.6. The molecule has 92 valence electrons. The van der Waals surface area contributed by atoms with Crippen LogP contribution in [0.4, 0.5) is 0 Å². The van der Waals surface area contributed by atoms with Crippen LogP contribution in [0.5, 0.6) is 0 Å². The predicted octanol–water partition coefficient (Wildman–Crippen LogP) is 3.84. The van der Waals surface area contributed by atoms with Crippen LogP contribution in [0.2, 0.25) is 0 Å². The van der Waals surface area contributed by atoms with Gasteiger partial charge in [0.25, 0.3) is 0 Å². The topological polar surface area (TPSA) is 37.3 Å². The molecule has 0 heterocycles. The third-order valence-corrected chi connectivity index (χ3v) is 9.33. The van der Waals surface area contributed by atoms with E-state index in [1.165, 1.54) is 0 Å². The first-order valence-corrected chi connectivity index (χ1v) is 8.59. The lowest BCUT2D eigenvalue weighted by atomic mass is 10.2. The van der Waals surface area contributed by atoms with Gasteiger partial charge >= 0.3 is 0 Å². The molecule has 1 aromatic carbocycles. The highest BCUT2D eigenvalue weighted by Gasteiger charge is 2.61. The van der Waals surface area contributed by atoms with Crippen LogP contribution in [0.25, 0.3) is 0 Å². The van der Waals surface area contributed by atoms with Crippen LogP contribution in [0, 0.1) is 5.92 Å². The van der Waals surface area contributed by atoms with E-state index < -0.39 is 10.5 Å². The Morgan fingerprint density at radius 3 is 2.71 bits per heavy atom. The molecule has 1 aromatic rings. The molecule has 4 heteroatoms. The third kappa shape index (κ3) is 2.67. The van der Waals surface area contributed by atoms with Gasteiger partial charge in [-0.3, -0.25) is 4.57 Å². The first kappa shape index (κ1) is 13.3. The van der Waals surface area contributed by atoms with E-state index in [0.717, 1.165) is 12.0 Å². The van der Waals surface area contributed by atoms with Crippen LogP contribution in [-0.4, -0.2) is 14.2 Å². The fourth-order valence-corrected chi connectivity index (χ4v) is 5.52. The number of allylic oxidation sites excluding steroid dienone is 1. The van der Waals surface area contributed by atoms with Gasteiger partial charge in [0.1, 0.15) is 3.16 Å². The fourth-order valence-electron chi connectivity index (χ4n) is 2.03. The molecule has 1 N–H and O–H groups in total. The summed E-state index contributed by atoms with van der Waals surface area (Å²) in [6.45, 7) is 3.71. The minimum Gasteiger partial charge on any atom is -0.343 e. The Morgan fingerprint density at radius 2 is 2.18 bits per heavy atom. The molecule has 0 spiro atoms. The van der Waals surface area contributed by atoms with Crippen molar-refractivity contribution < 1.29 is 9.46 Å². The molecule has 1 aliphatic rings. The maximum absolute atomic E-state index is 12.3. The van der Waals surface area contributed by atoms with Crippen LogP contribution in [-0.2, 0) is 11.0 Å². The van der Waals surface area contributed by atoms with E-state index in [1.54, 1.807) is 6.08 Å². The van der Waals surface area contributed by atoms with Crippen LogP contribution >= 0.6 is 30.0 Å². The monoisotopic (exact) mass is 362 g/mol. The summed E-state index contributed by atoms with van der Waals surface area (Å²) >= 11 is 2.15. The lowest BCUT2D eigenvalue weighted by Crippen LogP contribution is -2.07. The number of rotatable bonds is 5. The molecular formula is C13H16IO2P. The molecule has 1 aliphatic carbocycles. The first-order valence-electron chi connectivity index (χ1n) is 5.67. The number of benzene rings is 1. The molecule has 0 bridgehead atoms. The minimum absolute atomic E-state index is 0.203. The van der Waals surface area contributed by atoms with E-state index in [1.807, 2.05) is 30.3 Å². The Hall–Kier alpha value is -0.120. The van der Waals surface area contributed by atoms with Crippen molar-refractivity contribution in [3.8, 4) is 0 Å². The molecule has 1 unspecified atom stereocenters. The molecule has 1 saturated carbocycles. The Kier molecular flexibility index (Phi) is 3.81. The molecule has 2 nitrogen and oxygen atoms in total. The third-order valence-electron chi connectivity index (χ3n) is 3.33. The van der Waals surface area contributed by atoms with Gasteiger partial charge in [0.05, 0.1) is 0 Å². The van der Waals surface area contributed by atoms with Crippen LogP contribution in [0.3, 0.4) is 0 Å². The van der Waals surface area contributed by atoms with Gasteiger partial charge in [-0.05, 0) is 18.4 Å². The largest absolute Gasteiger partial charge is 0.343 e. The number of hydrogen-bond donors (Lipinski definition) is 1. The van der Waals surface area contributed by atoms with Gasteiger partial charge in [-0.2, -0.15) is 0 Å². The second kappa shape index (κ2) is 4.87. The van der Waals surface area contributed by atoms with Gasteiger partial charge in [-0.1, -0.05) is 59.0 Å². The highest BCUT2D eigenvalue weighted by molar-refractivity contribution is 14.1. The van der Waals surface area contributed by atoms with Crippen molar-refractivity contribution in [1.82, 2.24) is 0 Å². The highest BCUT2D eigenvalue weighted by atomic mass is 127. The molecule has 0 aliphatic heterocycles. The van der Waals surface area contributed by atoms with Crippen molar-refractivity contribution in [2.45, 2.75) is 16.0 Å². The van der Waals surface area contributed by atoms with Crippen molar-refractivity contribution in [3.63, 3.8) is 0 Å². The molecular weight excluding hydrogens is 346 g/mol. The summed E-state index contributed by atoms with van der Waals surface area (Å²) in [7, 11) is -3.09. The molecule has 0 aromatic heterocycles. The van der Waals surface area contributed by atoms with Gasteiger partial charge < -0.3 is 4.89 Å².